The lowest BCUT2D eigenvalue weighted by atomic mass is 9.97. The fraction of sp³-hybridized carbons (Fsp3) is 0.125. The summed E-state index contributed by atoms with van der Waals surface area (Å²) < 4.78 is 0. The number of hydrogen-bond donors (Lipinski definition) is 1. The van der Waals surface area contributed by atoms with Crippen molar-refractivity contribution >= 4 is 17.3 Å². The minimum absolute atomic E-state index is 0.0749. The van der Waals surface area contributed by atoms with Gasteiger partial charge in [-0.25, -0.2) is 0 Å². The minimum atomic E-state index is -0.0749. The largest absolute Gasteiger partial charge is 0.398 e. The molecule has 2 aromatic carbocycles. The van der Waals surface area contributed by atoms with Crippen LogP contribution < -0.4 is 10.6 Å². The molecule has 0 aromatic heterocycles. The molecule has 1 heterocycles. The van der Waals surface area contributed by atoms with E-state index in [9.17, 15) is 4.79 Å². The zero-order valence-electron chi connectivity index (χ0n) is 10.8. The second kappa shape index (κ2) is 4.71. The number of amides is 1. The summed E-state index contributed by atoms with van der Waals surface area (Å²) in [5.41, 5.74) is 9.42. The molecule has 0 radical (unpaired) electrons. The SMILES string of the molecule is N#Cc1ccc(N2CCc3cccc(N)c3C2=O)cc1. The van der Waals surface area contributed by atoms with E-state index in [-0.39, 0.29) is 5.91 Å². The molecule has 0 aliphatic carbocycles. The van der Waals surface area contributed by atoms with Gasteiger partial charge in [-0.05, 0) is 42.3 Å². The Morgan fingerprint density at radius 2 is 1.90 bits per heavy atom. The maximum Gasteiger partial charge on any atom is 0.260 e. The minimum Gasteiger partial charge on any atom is -0.398 e. The van der Waals surface area contributed by atoms with Crippen molar-refractivity contribution in [2.45, 2.75) is 6.42 Å². The first-order chi connectivity index (χ1) is 9.70. The van der Waals surface area contributed by atoms with Crippen molar-refractivity contribution in [1.82, 2.24) is 0 Å². The molecule has 1 aliphatic heterocycles. The lowest BCUT2D eigenvalue weighted by molar-refractivity contribution is 0.0981. The van der Waals surface area contributed by atoms with Crippen molar-refractivity contribution in [3.8, 4) is 6.07 Å². The fourth-order valence-electron chi connectivity index (χ4n) is 2.52. The van der Waals surface area contributed by atoms with Gasteiger partial charge < -0.3 is 10.6 Å². The highest BCUT2D eigenvalue weighted by atomic mass is 16.2. The van der Waals surface area contributed by atoms with Gasteiger partial charge in [0.25, 0.3) is 5.91 Å². The number of carbonyl (C=O) groups is 1. The highest BCUT2D eigenvalue weighted by Gasteiger charge is 2.27. The number of nitrogen functional groups attached to an aromatic ring is 1. The molecule has 0 bridgehead atoms. The molecule has 0 spiro atoms. The lowest BCUT2D eigenvalue weighted by Gasteiger charge is -2.29. The van der Waals surface area contributed by atoms with Crippen LogP contribution in [-0.4, -0.2) is 12.5 Å². The van der Waals surface area contributed by atoms with E-state index in [4.69, 9.17) is 11.0 Å². The number of nitriles is 1. The fourth-order valence-corrected chi connectivity index (χ4v) is 2.52. The zero-order chi connectivity index (χ0) is 14.1. The molecule has 4 nitrogen and oxygen atoms in total. The summed E-state index contributed by atoms with van der Waals surface area (Å²) in [7, 11) is 0. The number of fused-ring (bicyclic) bond motifs is 1. The van der Waals surface area contributed by atoms with E-state index in [1.165, 1.54) is 0 Å². The van der Waals surface area contributed by atoms with Gasteiger partial charge in [-0.1, -0.05) is 12.1 Å². The summed E-state index contributed by atoms with van der Waals surface area (Å²) in [5, 5.41) is 8.81. The van der Waals surface area contributed by atoms with E-state index in [2.05, 4.69) is 6.07 Å². The van der Waals surface area contributed by atoms with Crippen LogP contribution in [0.15, 0.2) is 42.5 Å². The molecule has 98 valence electrons. The number of hydrogen-bond acceptors (Lipinski definition) is 3. The average molecular weight is 263 g/mol. The first-order valence-electron chi connectivity index (χ1n) is 6.40. The Hall–Kier alpha value is -2.80. The average Bonchev–Trinajstić information content (AvgIpc) is 2.48. The number of nitrogens with zero attached hydrogens (tertiary/aromatic N) is 2. The normalized spacial score (nSPS) is 13.8. The predicted octanol–water partition coefficient (Wildman–Crippen LogP) is 2.34. The van der Waals surface area contributed by atoms with Crippen molar-refractivity contribution in [1.29, 1.82) is 5.26 Å². The number of nitrogens with two attached hydrogens (primary N) is 1. The van der Waals surface area contributed by atoms with Crippen molar-refractivity contribution in [3.05, 3.63) is 59.2 Å². The van der Waals surface area contributed by atoms with Crippen LogP contribution >= 0.6 is 0 Å². The Balaban J connectivity index is 1.99. The number of rotatable bonds is 1. The molecule has 0 saturated carbocycles. The van der Waals surface area contributed by atoms with E-state index >= 15 is 0 Å². The van der Waals surface area contributed by atoms with Gasteiger partial charge in [-0.3, -0.25) is 4.79 Å². The molecular weight excluding hydrogens is 250 g/mol. The lowest BCUT2D eigenvalue weighted by Crippen LogP contribution is -2.38. The van der Waals surface area contributed by atoms with Gasteiger partial charge in [0.05, 0.1) is 17.2 Å². The summed E-state index contributed by atoms with van der Waals surface area (Å²) in [6.45, 7) is 0.626. The van der Waals surface area contributed by atoms with Crippen molar-refractivity contribution in [3.63, 3.8) is 0 Å². The molecule has 2 N–H and O–H groups in total. The number of benzene rings is 2. The molecule has 4 heteroatoms. The van der Waals surface area contributed by atoms with Crippen LogP contribution in [0.2, 0.25) is 0 Å². The van der Waals surface area contributed by atoms with Gasteiger partial charge in [-0.2, -0.15) is 5.26 Å². The van der Waals surface area contributed by atoms with Crippen LogP contribution in [0.25, 0.3) is 0 Å². The van der Waals surface area contributed by atoms with Crippen molar-refractivity contribution in [2.24, 2.45) is 0 Å². The highest BCUT2D eigenvalue weighted by molar-refractivity contribution is 6.11. The van der Waals surface area contributed by atoms with Crippen molar-refractivity contribution in [2.75, 3.05) is 17.2 Å². The van der Waals surface area contributed by atoms with Crippen LogP contribution in [0.4, 0.5) is 11.4 Å². The van der Waals surface area contributed by atoms with Gasteiger partial charge >= 0.3 is 0 Å². The van der Waals surface area contributed by atoms with Crippen LogP contribution in [0.1, 0.15) is 21.5 Å². The maximum atomic E-state index is 12.6. The van der Waals surface area contributed by atoms with Gasteiger partial charge in [0.15, 0.2) is 0 Å². The summed E-state index contributed by atoms with van der Waals surface area (Å²) in [6, 6.07) is 14.7. The van der Waals surface area contributed by atoms with Crippen LogP contribution in [-0.2, 0) is 6.42 Å². The molecule has 0 atom stereocenters. The van der Waals surface area contributed by atoms with E-state index in [0.29, 0.717) is 23.4 Å². The van der Waals surface area contributed by atoms with Gasteiger partial charge in [0.2, 0.25) is 0 Å². The molecule has 2 aromatic rings. The molecule has 1 amide bonds. The van der Waals surface area contributed by atoms with Crippen molar-refractivity contribution < 1.29 is 4.79 Å². The predicted molar refractivity (Wildman–Crippen MR) is 77.4 cm³/mol. The summed E-state index contributed by atoms with van der Waals surface area (Å²) in [5.74, 6) is -0.0749. The van der Waals surface area contributed by atoms with E-state index in [0.717, 1.165) is 17.7 Å². The third kappa shape index (κ3) is 1.90. The standard InChI is InChI=1S/C16H13N3O/c17-10-11-4-6-13(7-5-11)19-9-8-12-2-1-3-14(18)15(12)16(19)20/h1-7H,8-9,18H2. The Kier molecular flexibility index (Phi) is 2.88. The van der Waals surface area contributed by atoms with E-state index in [1.54, 1.807) is 35.2 Å². The quantitative estimate of drug-likeness (QED) is 0.803. The van der Waals surface area contributed by atoms with E-state index < -0.39 is 0 Å². The maximum absolute atomic E-state index is 12.6. The first kappa shape index (κ1) is 12.2. The topological polar surface area (TPSA) is 70.1 Å². The molecule has 3 rings (SSSR count). The molecule has 20 heavy (non-hydrogen) atoms. The van der Waals surface area contributed by atoms with Crippen LogP contribution in [0, 0.1) is 11.3 Å². The third-order valence-electron chi connectivity index (χ3n) is 3.55. The summed E-state index contributed by atoms with van der Waals surface area (Å²) in [4.78, 5) is 14.3. The molecule has 1 aliphatic rings. The Morgan fingerprint density at radius 1 is 1.15 bits per heavy atom. The second-order valence-electron chi connectivity index (χ2n) is 4.75. The molecular formula is C16H13N3O. The Labute approximate surface area is 117 Å². The molecule has 0 saturated heterocycles. The zero-order valence-corrected chi connectivity index (χ0v) is 10.8. The third-order valence-corrected chi connectivity index (χ3v) is 3.55. The van der Waals surface area contributed by atoms with Crippen LogP contribution in [0.3, 0.4) is 0 Å². The van der Waals surface area contributed by atoms with Crippen LogP contribution in [0.5, 0.6) is 0 Å². The smallest absolute Gasteiger partial charge is 0.260 e. The van der Waals surface area contributed by atoms with Gasteiger partial charge in [0.1, 0.15) is 0 Å². The first-order valence-corrected chi connectivity index (χ1v) is 6.40. The molecule has 0 fully saturated rings. The number of carbonyl (C=O) groups excluding carboxylic acids is 1. The number of anilines is 2. The molecule has 0 unspecified atom stereocenters. The highest BCUT2D eigenvalue weighted by Crippen LogP contribution is 2.28. The van der Waals surface area contributed by atoms with Gasteiger partial charge in [-0.15, -0.1) is 0 Å². The summed E-state index contributed by atoms with van der Waals surface area (Å²) in [6.07, 6.45) is 0.784. The Bertz CT molecular complexity index is 713. The summed E-state index contributed by atoms with van der Waals surface area (Å²) >= 11 is 0. The monoisotopic (exact) mass is 263 g/mol. The van der Waals surface area contributed by atoms with Gasteiger partial charge in [0, 0.05) is 17.9 Å². The Morgan fingerprint density at radius 3 is 2.60 bits per heavy atom. The second-order valence-corrected chi connectivity index (χ2v) is 4.75. The van der Waals surface area contributed by atoms with E-state index in [1.807, 2.05) is 12.1 Å².